The molecular weight excluding hydrogens is 558 g/mol. The number of carbonyl (C=O) groups is 1. The van der Waals surface area contributed by atoms with E-state index >= 15 is 0 Å². The lowest BCUT2D eigenvalue weighted by Gasteiger charge is -2.25. The summed E-state index contributed by atoms with van der Waals surface area (Å²) in [7, 11) is -2.50. The number of nitrogens with one attached hydrogen (secondary N) is 1. The molecule has 0 saturated heterocycles. The van der Waals surface area contributed by atoms with Crippen molar-refractivity contribution < 1.29 is 22.7 Å². The zero-order valence-corrected chi connectivity index (χ0v) is 23.2. The minimum atomic E-state index is -4.01. The molecule has 0 bridgehead atoms. The number of nitrogens with zero attached hydrogens (tertiary/aromatic N) is 2. The number of halogens is 1. The maximum absolute atomic E-state index is 13.5. The number of methoxy groups -OCH3 is 1. The van der Waals surface area contributed by atoms with Crippen LogP contribution in [0.3, 0.4) is 0 Å². The Morgan fingerprint density at radius 3 is 2.51 bits per heavy atom. The Balaban J connectivity index is 1.83. The fourth-order valence-corrected chi connectivity index (χ4v) is 5.63. The second-order valence-electron chi connectivity index (χ2n) is 8.04. The summed E-state index contributed by atoms with van der Waals surface area (Å²) >= 11 is 3.44. The summed E-state index contributed by atoms with van der Waals surface area (Å²) in [5.74, 6) is 0.380. The molecule has 0 atom stereocenters. The van der Waals surface area contributed by atoms with Crippen LogP contribution in [0.5, 0.6) is 11.5 Å². The molecule has 1 amide bonds. The summed E-state index contributed by atoms with van der Waals surface area (Å²) < 4.78 is 39.7. The van der Waals surface area contributed by atoms with E-state index in [1.165, 1.54) is 25.5 Å². The Morgan fingerprint density at radius 1 is 1.14 bits per heavy atom. The van der Waals surface area contributed by atoms with E-state index < -0.39 is 22.5 Å². The van der Waals surface area contributed by atoms with Gasteiger partial charge in [-0.3, -0.25) is 9.10 Å². The molecule has 0 spiro atoms. The van der Waals surface area contributed by atoms with Gasteiger partial charge in [-0.2, -0.15) is 5.10 Å². The van der Waals surface area contributed by atoms with Crippen LogP contribution in [0.1, 0.15) is 16.7 Å². The van der Waals surface area contributed by atoms with Crippen molar-refractivity contribution in [2.75, 3.05) is 24.6 Å². The number of amides is 1. The van der Waals surface area contributed by atoms with Crippen molar-refractivity contribution in [1.29, 1.82) is 0 Å². The van der Waals surface area contributed by atoms with Gasteiger partial charge >= 0.3 is 0 Å². The van der Waals surface area contributed by atoms with Crippen molar-refractivity contribution in [3.63, 3.8) is 0 Å². The van der Waals surface area contributed by atoms with Crippen LogP contribution in [0.2, 0.25) is 0 Å². The first-order chi connectivity index (χ1) is 17.7. The number of aryl methyl sites for hydroxylation is 2. The van der Waals surface area contributed by atoms with E-state index in [-0.39, 0.29) is 4.90 Å². The number of carbonyl (C=O) groups excluding carboxylic acids is 1. The van der Waals surface area contributed by atoms with Gasteiger partial charge in [0.15, 0.2) is 11.5 Å². The van der Waals surface area contributed by atoms with E-state index in [9.17, 15) is 13.2 Å². The minimum Gasteiger partial charge on any atom is -0.493 e. The number of benzene rings is 3. The maximum atomic E-state index is 13.5. The molecule has 8 nitrogen and oxygen atoms in total. The lowest BCUT2D eigenvalue weighted by molar-refractivity contribution is -0.119. The second kappa shape index (κ2) is 12.6. The number of hydrogen-bond donors (Lipinski definition) is 1. The van der Waals surface area contributed by atoms with Crippen LogP contribution in [-0.2, 0) is 14.8 Å². The molecule has 0 unspecified atom stereocenters. The molecule has 0 aliphatic heterocycles. The number of anilines is 1. The highest BCUT2D eigenvalue weighted by Crippen LogP contribution is 2.36. The van der Waals surface area contributed by atoms with E-state index in [4.69, 9.17) is 9.47 Å². The van der Waals surface area contributed by atoms with Gasteiger partial charge < -0.3 is 9.47 Å². The van der Waals surface area contributed by atoms with Crippen LogP contribution in [0.25, 0.3) is 0 Å². The van der Waals surface area contributed by atoms with Crippen molar-refractivity contribution >= 4 is 43.8 Å². The number of rotatable bonds is 11. The molecule has 3 aromatic carbocycles. The van der Waals surface area contributed by atoms with Gasteiger partial charge in [-0.25, -0.2) is 13.8 Å². The topological polar surface area (TPSA) is 97.3 Å². The summed E-state index contributed by atoms with van der Waals surface area (Å²) in [6.45, 7) is 7.20. The van der Waals surface area contributed by atoms with E-state index in [2.05, 4.69) is 33.0 Å². The van der Waals surface area contributed by atoms with Gasteiger partial charge in [0.1, 0.15) is 13.2 Å². The third-order valence-corrected chi connectivity index (χ3v) is 7.60. The third-order valence-electron chi connectivity index (χ3n) is 5.24. The van der Waals surface area contributed by atoms with Crippen LogP contribution >= 0.6 is 15.9 Å². The van der Waals surface area contributed by atoms with Gasteiger partial charge in [0, 0.05) is 0 Å². The second-order valence-corrected chi connectivity index (χ2v) is 10.8. The van der Waals surface area contributed by atoms with Gasteiger partial charge in [-0.1, -0.05) is 48.6 Å². The van der Waals surface area contributed by atoms with Crippen molar-refractivity contribution in [3.05, 3.63) is 94.5 Å². The van der Waals surface area contributed by atoms with E-state index in [0.717, 1.165) is 15.4 Å². The Hall–Kier alpha value is -3.63. The number of hydrogen-bond acceptors (Lipinski definition) is 6. The molecule has 0 fully saturated rings. The lowest BCUT2D eigenvalue weighted by atomic mass is 10.1. The quantitative estimate of drug-likeness (QED) is 0.194. The van der Waals surface area contributed by atoms with Crippen molar-refractivity contribution in [3.8, 4) is 11.5 Å². The van der Waals surface area contributed by atoms with Crippen LogP contribution in [0.15, 0.2) is 87.8 Å². The molecule has 10 heteroatoms. The summed E-state index contributed by atoms with van der Waals surface area (Å²) in [5.41, 5.74) is 5.16. The Labute approximate surface area is 225 Å². The third kappa shape index (κ3) is 6.99. The average Bonchev–Trinajstić information content (AvgIpc) is 2.87. The first kappa shape index (κ1) is 27.9. The molecule has 37 heavy (non-hydrogen) atoms. The van der Waals surface area contributed by atoms with Crippen molar-refractivity contribution in [2.45, 2.75) is 18.7 Å². The van der Waals surface area contributed by atoms with E-state index in [1.54, 1.807) is 55.5 Å². The standard InChI is InChI=1S/C27H28BrN3O5S/c1-5-13-36-27-23(28)15-21(16-25(27)35-4)17-29-30-26(32)18-31(24-12-11-19(2)14-20(24)3)37(33,34)22-9-7-6-8-10-22/h5-12,14-17H,1,13,18H2,2-4H3,(H,30,32)/b29-17-. The van der Waals surface area contributed by atoms with Crippen LogP contribution < -0.4 is 19.2 Å². The smallest absolute Gasteiger partial charge is 0.264 e. The molecule has 3 aromatic rings. The van der Waals surface area contributed by atoms with Gasteiger partial charge in [-0.05, 0) is 71.2 Å². The van der Waals surface area contributed by atoms with Gasteiger partial charge in [0.25, 0.3) is 15.9 Å². The molecule has 0 heterocycles. The zero-order valence-electron chi connectivity index (χ0n) is 20.8. The Bertz CT molecular complexity index is 1410. The SMILES string of the molecule is C=CCOc1c(Br)cc(/C=N\NC(=O)CN(c2ccc(C)cc2C)S(=O)(=O)c2ccccc2)cc1OC. The fraction of sp³-hybridized carbons (Fsp3) is 0.185. The molecule has 0 radical (unpaired) electrons. The van der Waals surface area contributed by atoms with Crippen LogP contribution in [-0.4, -0.2) is 40.8 Å². The van der Waals surface area contributed by atoms with Gasteiger partial charge in [0.05, 0.1) is 28.4 Å². The fourth-order valence-electron chi connectivity index (χ4n) is 3.55. The molecule has 0 aliphatic carbocycles. The lowest BCUT2D eigenvalue weighted by Crippen LogP contribution is -2.40. The average molecular weight is 587 g/mol. The molecule has 0 saturated carbocycles. The molecular formula is C27H28BrN3O5S. The largest absolute Gasteiger partial charge is 0.493 e. The molecule has 0 aromatic heterocycles. The molecule has 3 rings (SSSR count). The van der Waals surface area contributed by atoms with E-state index in [0.29, 0.717) is 33.8 Å². The number of ether oxygens (including phenoxy) is 2. The highest BCUT2D eigenvalue weighted by molar-refractivity contribution is 9.10. The number of hydrazone groups is 1. The predicted molar refractivity (Wildman–Crippen MR) is 149 cm³/mol. The molecule has 0 aliphatic rings. The highest BCUT2D eigenvalue weighted by Gasteiger charge is 2.28. The number of sulfonamides is 1. The predicted octanol–water partition coefficient (Wildman–Crippen LogP) is 4.98. The monoisotopic (exact) mass is 585 g/mol. The highest BCUT2D eigenvalue weighted by atomic mass is 79.9. The summed E-state index contributed by atoms with van der Waals surface area (Å²) in [4.78, 5) is 12.9. The first-order valence-electron chi connectivity index (χ1n) is 11.3. The van der Waals surface area contributed by atoms with Crippen LogP contribution in [0, 0.1) is 13.8 Å². The van der Waals surface area contributed by atoms with Gasteiger partial charge in [0.2, 0.25) is 0 Å². The normalized spacial score (nSPS) is 11.2. The van der Waals surface area contributed by atoms with Crippen molar-refractivity contribution in [2.24, 2.45) is 5.10 Å². The summed E-state index contributed by atoms with van der Waals surface area (Å²) in [6, 6.07) is 16.8. The first-order valence-corrected chi connectivity index (χ1v) is 13.5. The minimum absolute atomic E-state index is 0.0852. The summed E-state index contributed by atoms with van der Waals surface area (Å²) in [5, 5.41) is 4.01. The zero-order chi connectivity index (χ0) is 27.0. The Kier molecular flexibility index (Phi) is 9.48. The Morgan fingerprint density at radius 2 is 1.86 bits per heavy atom. The van der Waals surface area contributed by atoms with Crippen LogP contribution in [0.4, 0.5) is 5.69 Å². The van der Waals surface area contributed by atoms with E-state index in [1.807, 2.05) is 13.0 Å². The maximum Gasteiger partial charge on any atom is 0.264 e. The van der Waals surface area contributed by atoms with Gasteiger partial charge in [-0.15, -0.1) is 0 Å². The molecule has 194 valence electrons. The van der Waals surface area contributed by atoms with Crippen molar-refractivity contribution in [1.82, 2.24) is 5.43 Å². The molecule has 1 N–H and O–H groups in total. The summed E-state index contributed by atoms with van der Waals surface area (Å²) in [6.07, 6.45) is 3.05.